The molecule has 0 atom stereocenters. The standard InChI is InChI=1S/C12H7Cl2N3O4/c13-9-3-6(1-2-10(9)18)16-12(19)8-4-7(17(20)21)5-15-11(8)14/h1-5,18H,(H,16,19). The zero-order chi connectivity index (χ0) is 15.6. The second kappa shape index (κ2) is 5.94. The van der Waals surface area contributed by atoms with Crippen molar-refractivity contribution in [3.63, 3.8) is 0 Å². The lowest BCUT2D eigenvalue weighted by atomic mass is 10.2. The van der Waals surface area contributed by atoms with E-state index in [4.69, 9.17) is 23.2 Å². The Hall–Kier alpha value is -2.38. The average molecular weight is 328 g/mol. The number of carbonyl (C=O) groups is 1. The molecule has 21 heavy (non-hydrogen) atoms. The van der Waals surface area contributed by atoms with Crippen LogP contribution in [0.3, 0.4) is 0 Å². The second-order valence-electron chi connectivity index (χ2n) is 3.91. The summed E-state index contributed by atoms with van der Waals surface area (Å²) in [6, 6.07) is 5.06. The Morgan fingerprint density at radius 1 is 1.33 bits per heavy atom. The Bertz CT molecular complexity index is 736. The molecule has 0 unspecified atom stereocenters. The number of amides is 1. The topological polar surface area (TPSA) is 105 Å². The van der Waals surface area contributed by atoms with Gasteiger partial charge in [0.25, 0.3) is 11.6 Å². The zero-order valence-corrected chi connectivity index (χ0v) is 11.7. The zero-order valence-electron chi connectivity index (χ0n) is 10.2. The van der Waals surface area contributed by atoms with Crippen molar-refractivity contribution in [2.45, 2.75) is 0 Å². The molecule has 1 aromatic carbocycles. The molecule has 2 N–H and O–H groups in total. The first-order valence-corrected chi connectivity index (χ1v) is 6.24. The molecule has 0 aliphatic rings. The van der Waals surface area contributed by atoms with Gasteiger partial charge in [-0.25, -0.2) is 4.98 Å². The Morgan fingerprint density at radius 2 is 2.05 bits per heavy atom. The molecule has 0 bridgehead atoms. The predicted molar refractivity (Wildman–Crippen MR) is 77.0 cm³/mol. The lowest BCUT2D eigenvalue weighted by Gasteiger charge is -2.07. The highest BCUT2D eigenvalue weighted by Crippen LogP contribution is 2.27. The minimum atomic E-state index is -0.683. The molecule has 2 aromatic rings. The fraction of sp³-hybridized carbons (Fsp3) is 0. The maximum absolute atomic E-state index is 12.0. The molecule has 1 heterocycles. The van der Waals surface area contributed by atoms with Gasteiger partial charge in [0.15, 0.2) is 0 Å². The number of aromatic nitrogens is 1. The van der Waals surface area contributed by atoms with Crippen molar-refractivity contribution >= 4 is 40.5 Å². The maximum Gasteiger partial charge on any atom is 0.288 e. The van der Waals surface area contributed by atoms with Crippen LogP contribution in [0.4, 0.5) is 11.4 Å². The van der Waals surface area contributed by atoms with Crippen molar-refractivity contribution < 1.29 is 14.8 Å². The van der Waals surface area contributed by atoms with Crippen LogP contribution in [0.1, 0.15) is 10.4 Å². The van der Waals surface area contributed by atoms with Gasteiger partial charge < -0.3 is 10.4 Å². The van der Waals surface area contributed by atoms with Crippen molar-refractivity contribution in [3.8, 4) is 5.75 Å². The first-order valence-electron chi connectivity index (χ1n) is 5.48. The van der Waals surface area contributed by atoms with Crippen molar-refractivity contribution in [1.29, 1.82) is 0 Å². The highest BCUT2D eigenvalue weighted by atomic mass is 35.5. The van der Waals surface area contributed by atoms with Crippen LogP contribution >= 0.6 is 23.2 Å². The fourth-order valence-corrected chi connectivity index (χ4v) is 1.85. The smallest absolute Gasteiger partial charge is 0.288 e. The van der Waals surface area contributed by atoms with Crippen molar-refractivity contribution in [3.05, 3.63) is 56.3 Å². The fourth-order valence-electron chi connectivity index (χ4n) is 1.48. The normalized spacial score (nSPS) is 10.2. The molecule has 2 rings (SSSR count). The number of halogens is 2. The Balaban J connectivity index is 2.29. The summed E-state index contributed by atoms with van der Waals surface area (Å²) in [6.07, 6.45) is 0.955. The number of hydrogen-bond acceptors (Lipinski definition) is 5. The average Bonchev–Trinajstić information content (AvgIpc) is 2.43. The van der Waals surface area contributed by atoms with E-state index in [1.807, 2.05) is 0 Å². The van der Waals surface area contributed by atoms with Crippen LogP contribution in [0.5, 0.6) is 5.75 Å². The van der Waals surface area contributed by atoms with Crippen LogP contribution in [0, 0.1) is 10.1 Å². The van der Waals surface area contributed by atoms with Crippen LogP contribution in [0.25, 0.3) is 0 Å². The third-order valence-electron chi connectivity index (χ3n) is 2.49. The van der Waals surface area contributed by atoms with Crippen molar-refractivity contribution in [2.24, 2.45) is 0 Å². The summed E-state index contributed by atoms with van der Waals surface area (Å²) >= 11 is 11.5. The molecule has 0 saturated carbocycles. The summed E-state index contributed by atoms with van der Waals surface area (Å²) in [5.41, 5.74) is -0.200. The summed E-state index contributed by atoms with van der Waals surface area (Å²) in [7, 11) is 0. The van der Waals surface area contributed by atoms with Crippen molar-refractivity contribution in [2.75, 3.05) is 5.32 Å². The Morgan fingerprint density at radius 3 is 2.67 bits per heavy atom. The molecule has 0 radical (unpaired) electrons. The first kappa shape index (κ1) is 15.0. The maximum atomic E-state index is 12.0. The van der Waals surface area contributed by atoms with Gasteiger partial charge in [-0.1, -0.05) is 23.2 Å². The van der Waals surface area contributed by atoms with Gasteiger partial charge in [-0.2, -0.15) is 0 Å². The molecular weight excluding hydrogens is 321 g/mol. The highest BCUT2D eigenvalue weighted by molar-refractivity contribution is 6.33. The highest BCUT2D eigenvalue weighted by Gasteiger charge is 2.17. The summed E-state index contributed by atoms with van der Waals surface area (Å²) in [6.45, 7) is 0. The van der Waals surface area contributed by atoms with E-state index in [0.29, 0.717) is 5.69 Å². The number of pyridine rings is 1. The van der Waals surface area contributed by atoms with E-state index in [1.54, 1.807) is 0 Å². The van der Waals surface area contributed by atoms with E-state index in [2.05, 4.69) is 10.3 Å². The molecular formula is C12H7Cl2N3O4. The molecule has 108 valence electrons. The second-order valence-corrected chi connectivity index (χ2v) is 4.67. The van der Waals surface area contributed by atoms with Gasteiger partial charge >= 0.3 is 0 Å². The van der Waals surface area contributed by atoms with Gasteiger partial charge in [-0.3, -0.25) is 14.9 Å². The van der Waals surface area contributed by atoms with Gasteiger partial charge in [0.05, 0.1) is 15.5 Å². The van der Waals surface area contributed by atoms with E-state index in [-0.39, 0.29) is 27.2 Å². The SMILES string of the molecule is O=C(Nc1ccc(O)c(Cl)c1)c1cc([N+](=O)[O-])cnc1Cl. The van der Waals surface area contributed by atoms with Gasteiger partial charge in [-0.05, 0) is 18.2 Å². The third-order valence-corrected chi connectivity index (χ3v) is 3.09. The van der Waals surface area contributed by atoms with Gasteiger partial charge in [0.2, 0.25) is 0 Å². The first-order chi connectivity index (χ1) is 9.88. The Kier molecular flexibility index (Phi) is 4.25. The van der Waals surface area contributed by atoms with Gasteiger partial charge in [0, 0.05) is 11.8 Å². The number of nitrogens with one attached hydrogen (secondary N) is 1. The van der Waals surface area contributed by atoms with E-state index < -0.39 is 10.8 Å². The molecule has 1 aromatic heterocycles. The predicted octanol–water partition coefficient (Wildman–Crippen LogP) is 3.25. The number of hydrogen-bond donors (Lipinski definition) is 2. The number of phenols is 1. The summed E-state index contributed by atoms with van der Waals surface area (Å²) in [5.74, 6) is -0.817. The molecule has 0 fully saturated rings. The summed E-state index contributed by atoms with van der Waals surface area (Å²) < 4.78 is 0. The molecule has 1 amide bonds. The number of benzene rings is 1. The minimum Gasteiger partial charge on any atom is -0.506 e. The lowest BCUT2D eigenvalue weighted by molar-refractivity contribution is -0.385. The minimum absolute atomic E-state index is 0.0519. The number of aromatic hydroxyl groups is 1. The van der Waals surface area contributed by atoms with Crippen LogP contribution in [-0.2, 0) is 0 Å². The summed E-state index contributed by atoms with van der Waals surface area (Å²) in [4.78, 5) is 25.6. The van der Waals surface area contributed by atoms with E-state index in [9.17, 15) is 20.0 Å². The number of nitrogens with zero attached hydrogens (tertiary/aromatic N) is 2. The number of rotatable bonds is 3. The van der Waals surface area contributed by atoms with Crippen LogP contribution < -0.4 is 5.32 Å². The van der Waals surface area contributed by atoms with Gasteiger partial charge in [0.1, 0.15) is 17.1 Å². The molecule has 0 saturated heterocycles. The molecule has 9 heteroatoms. The van der Waals surface area contributed by atoms with Crippen LogP contribution in [0.15, 0.2) is 30.5 Å². The molecule has 7 nitrogen and oxygen atoms in total. The number of nitro groups is 1. The quantitative estimate of drug-likeness (QED) is 0.389. The summed E-state index contributed by atoms with van der Waals surface area (Å²) in [5, 5.41) is 22.3. The molecule has 0 aliphatic heterocycles. The Labute approximate surface area is 128 Å². The third kappa shape index (κ3) is 3.39. The molecule has 0 aliphatic carbocycles. The number of anilines is 1. The van der Waals surface area contributed by atoms with Crippen LogP contribution in [0.2, 0.25) is 10.2 Å². The lowest BCUT2D eigenvalue weighted by Crippen LogP contribution is -2.13. The monoisotopic (exact) mass is 327 g/mol. The number of carbonyl (C=O) groups excluding carboxylic acids is 1. The largest absolute Gasteiger partial charge is 0.506 e. The van der Waals surface area contributed by atoms with E-state index in [1.165, 1.54) is 18.2 Å². The number of phenolic OH excluding ortho intramolecular Hbond substituents is 1. The molecule has 0 spiro atoms. The van der Waals surface area contributed by atoms with Crippen LogP contribution in [-0.4, -0.2) is 20.9 Å². The van der Waals surface area contributed by atoms with Crippen molar-refractivity contribution in [1.82, 2.24) is 4.98 Å². The van der Waals surface area contributed by atoms with E-state index in [0.717, 1.165) is 12.3 Å². The van der Waals surface area contributed by atoms with Gasteiger partial charge in [-0.15, -0.1) is 0 Å². The van der Waals surface area contributed by atoms with E-state index >= 15 is 0 Å².